The molecule has 0 aromatic carbocycles. The number of ether oxygens (including phenoxy) is 3. The standard InChI is InChI=1S/C57H110O6/c1-6-7-8-9-30-39-44-49-57(60)63-54(51-62-56(59)48-43-38-34-29-25-21-17-16-19-23-27-32-36-41-46-53(4)5)50-61-55(58)47-42-37-33-28-24-20-15-13-11-10-12-14-18-22-26-31-35-40-45-52(2)3/h52-54H,6-51H2,1-5H3/t54-/m0/s1. The van der Waals surface area contributed by atoms with Crippen molar-refractivity contribution in [1.82, 2.24) is 0 Å². The van der Waals surface area contributed by atoms with E-state index in [9.17, 15) is 14.4 Å². The number of hydrogen-bond acceptors (Lipinski definition) is 6. The third-order valence-electron chi connectivity index (χ3n) is 13.0. The van der Waals surface area contributed by atoms with E-state index in [0.29, 0.717) is 19.3 Å². The Balaban J connectivity index is 4.09. The van der Waals surface area contributed by atoms with Gasteiger partial charge in [-0.1, -0.05) is 279 Å². The molecule has 63 heavy (non-hydrogen) atoms. The van der Waals surface area contributed by atoms with Crippen molar-refractivity contribution >= 4 is 17.9 Å². The lowest BCUT2D eigenvalue weighted by Crippen LogP contribution is -2.30. The molecular weight excluding hydrogens is 781 g/mol. The summed E-state index contributed by atoms with van der Waals surface area (Å²) in [5.41, 5.74) is 0. The summed E-state index contributed by atoms with van der Waals surface area (Å²) in [7, 11) is 0. The highest BCUT2D eigenvalue weighted by molar-refractivity contribution is 5.71. The van der Waals surface area contributed by atoms with Gasteiger partial charge in [-0.3, -0.25) is 14.4 Å². The summed E-state index contributed by atoms with van der Waals surface area (Å²) in [5, 5.41) is 0. The monoisotopic (exact) mass is 891 g/mol. The average molecular weight is 892 g/mol. The van der Waals surface area contributed by atoms with Crippen molar-refractivity contribution in [2.24, 2.45) is 11.8 Å². The van der Waals surface area contributed by atoms with Crippen LogP contribution in [0.3, 0.4) is 0 Å². The van der Waals surface area contributed by atoms with Gasteiger partial charge in [-0.15, -0.1) is 0 Å². The fourth-order valence-electron chi connectivity index (χ4n) is 8.70. The molecule has 0 amide bonds. The summed E-state index contributed by atoms with van der Waals surface area (Å²) in [6.07, 6.45) is 52.6. The Morgan fingerprint density at radius 3 is 0.778 bits per heavy atom. The van der Waals surface area contributed by atoms with Crippen molar-refractivity contribution in [1.29, 1.82) is 0 Å². The first kappa shape index (κ1) is 61.4. The van der Waals surface area contributed by atoms with E-state index in [0.717, 1.165) is 69.6 Å². The van der Waals surface area contributed by atoms with Crippen molar-refractivity contribution in [3.05, 3.63) is 0 Å². The Morgan fingerprint density at radius 1 is 0.302 bits per heavy atom. The molecule has 0 radical (unpaired) electrons. The van der Waals surface area contributed by atoms with Crippen molar-refractivity contribution in [2.75, 3.05) is 13.2 Å². The Bertz CT molecular complexity index is 962. The van der Waals surface area contributed by atoms with Gasteiger partial charge in [0.1, 0.15) is 13.2 Å². The molecule has 0 aliphatic rings. The Hall–Kier alpha value is -1.59. The molecule has 0 fully saturated rings. The van der Waals surface area contributed by atoms with Crippen LogP contribution >= 0.6 is 0 Å². The smallest absolute Gasteiger partial charge is 0.306 e. The average Bonchev–Trinajstić information content (AvgIpc) is 3.25. The zero-order valence-electron chi connectivity index (χ0n) is 43.2. The van der Waals surface area contributed by atoms with Gasteiger partial charge in [-0.25, -0.2) is 0 Å². The molecule has 0 heterocycles. The highest BCUT2D eigenvalue weighted by Crippen LogP contribution is 2.18. The Kier molecular flexibility index (Phi) is 48.6. The summed E-state index contributed by atoms with van der Waals surface area (Å²) in [5.74, 6) is 0.855. The minimum absolute atomic E-state index is 0.0635. The molecule has 0 unspecified atom stereocenters. The lowest BCUT2D eigenvalue weighted by Gasteiger charge is -2.18. The lowest BCUT2D eigenvalue weighted by atomic mass is 10.0. The number of unbranched alkanes of at least 4 members (excludes halogenated alkanes) is 36. The molecule has 0 N–H and O–H groups in total. The maximum absolute atomic E-state index is 12.7. The molecule has 0 spiro atoms. The highest BCUT2D eigenvalue weighted by Gasteiger charge is 2.19. The van der Waals surface area contributed by atoms with Gasteiger partial charge in [0.05, 0.1) is 0 Å². The Labute approximate surface area is 393 Å². The van der Waals surface area contributed by atoms with Crippen molar-refractivity contribution in [3.8, 4) is 0 Å². The van der Waals surface area contributed by atoms with Crippen LogP contribution in [0.25, 0.3) is 0 Å². The number of carbonyl (C=O) groups excluding carboxylic acids is 3. The van der Waals surface area contributed by atoms with Gasteiger partial charge >= 0.3 is 17.9 Å². The molecule has 0 rings (SSSR count). The van der Waals surface area contributed by atoms with Crippen LogP contribution in [0.4, 0.5) is 0 Å². The number of esters is 3. The lowest BCUT2D eigenvalue weighted by molar-refractivity contribution is -0.167. The maximum Gasteiger partial charge on any atom is 0.306 e. The topological polar surface area (TPSA) is 78.9 Å². The normalized spacial score (nSPS) is 12.0. The van der Waals surface area contributed by atoms with Gasteiger partial charge in [-0.2, -0.15) is 0 Å². The molecule has 0 aliphatic heterocycles. The van der Waals surface area contributed by atoms with Gasteiger partial charge in [0.25, 0.3) is 0 Å². The number of hydrogen-bond donors (Lipinski definition) is 0. The summed E-state index contributed by atoms with van der Waals surface area (Å²) < 4.78 is 16.8. The Morgan fingerprint density at radius 2 is 0.524 bits per heavy atom. The summed E-state index contributed by atoms with van der Waals surface area (Å²) >= 11 is 0. The van der Waals surface area contributed by atoms with E-state index in [4.69, 9.17) is 14.2 Å². The van der Waals surface area contributed by atoms with Gasteiger partial charge in [0.15, 0.2) is 6.10 Å². The molecule has 0 aromatic heterocycles. The van der Waals surface area contributed by atoms with Gasteiger partial charge < -0.3 is 14.2 Å². The molecule has 6 nitrogen and oxygen atoms in total. The van der Waals surface area contributed by atoms with Crippen LogP contribution in [0, 0.1) is 11.8 Å². The zero-order valence-corrected chi connectivity index (χ0v) is 43.2. The maximum atomic E-state index is 12.7. The second-order valence-electron chi connectivity index (χ2n) is 20.5. The van der Waals surface area contributed by atoms with E-state index in [1.807, 2.05) is 0 Å². The molecule has 1 atom stereocenters. The third kappa shape index (κ3) is 51.3. The third-order valence-corrected chi connectivity index (χ3v) is 13.0. The first-order valence-corrected chi connectivity index (χ1v) is 28.2. The van der Waals surface area contributed by atoms with Crippen LogP contribution in [0.2, 0.25) is 0 Å². The molecular formula is C57H110O6. The van der Waals surface area contributed by atoms with Crippen molar-refractivity contribution < 1.29 is 28.6 Å². The van der Waals surface area contributed by atoms with E-state index >= 15 is 0 Å². The SMILES string of the molecule is CCCCCCCCCC(=O)O[C@@H](COC(=O)CCCCCCCCCCCCCCCCCCCCC(C)C)COC(=O)CCCCCCCCCCCCCCCCC(C)C. The molecule has 0 bridgehead atoms. The summed E-state index contributed by atoms with van der Waals surface area (Å²) in [6, 6.07) is 0. The second-order valence-corrected chi connectivity index (χ2v) is 20.5. The molecule has 0 saturated carbocycles. The molecule has 374 valence electrons. The van der Waals surface area contributed by atoms with Crippen LogP contribution in [0.1, 0.15) is 317 Å². The van der Waals surface area contributed by atoms with Crippen LogP contribution in [0.5, 0.6) is 0 Å². The first-order valence-electron chi connectivity index (χ1n) is 28.2. The van der Waals surface area contributed by atoms with E-state index in [-0.39, 0.29) is 31.1 Å². The summed E-state index contributed by atoms with van der Waals surface area (Å²) in [4.78, 5) is 37.9. The van der Waals surface area contributed by atoms with E-state index in [1.165, 1.54) is 205 Å². The largest absolute Gasteiger partial charge is 0.462 e. The number of carbonyl (C=O) groups is 3. The van der Waals surface area contributed by atoms with E-state index in [2.05, 4.69) is 34.6 Å². The fraction of sp³-hybridized carbons (Fsp3) is 0.947. The highest BCUT2D eigenvalue weighted by atomic mass is 16.6. The van der Waals surface area contributed by atoms with Crippen LogP contribution in [-0.2, 0) is 28.6 Å². The van der Waals surface area contributed by atoms with Crippen molar-refractivity contribution in [2.45, 2.75) is 323 Å². The van der Waals surface area contributed by atoms with Gasteiger partial charge in [-0.05, 0) is 31.1 Å². The van der Waals surface area contributed by atoms with Crippen molar-refractivity contribution in [3.63, 3.8) is 0 Å². The predicted molar refractivity (Wildman–Crippen MR) is 270 cm³/mol. The quantitative estimate of drug-likeness (QED) is 0.0344. The minimum atomic E-state index is -0.760. The van der Waals surface area contributed by atoms with Crippen LogP contribution in [-0.4, -0.2) is 37.2 Å². The zero-order chi connectivity index (χ0) is 46.1. The molecule has 0 saturated heterocycles. The first-order chi connectivity index (χ1) is 30.7. The molecule has 6 heteroatoms. The predicted octanol–water partition coefficient (Wildman–Crippen LogP) is 18.5. The summed E-state index contributed by atoms with van der Waals surface area (Å²) in [6.45, 7) is 11.4. The van der Waals surface area contributed by atoms with Gasteiger partial charge in [0, 0.05) is 19.3 Å². The van der Waals surface area contributed by atoms with E-state index in [1.54, 1.807) is 0 Å². The van der Waals surface area contributed by atoms with E-state index < -0.39 is 6.10 Å². The minimum Gasteiger partial charge on any atom is -0.462 e. The molecule has 0 aliphatic carbocycles. The number of rotatable bonds is 51. The van der Waals surface area contributed by atoms with Crippen LogP contribution < -0.4 is 0 Å². The van der Waals surface area contributed by atoms with Gasteiger partial charge in [0.2, 0.25) is 0 Å². The second kappa shape index (κ2) is 49.8. The fourth-order valence-corrected chi connectivity index (χ4v) is 8.70. The molecule has 0 aromatic rings. The van der Waals surface area contributed by atoms with Crippen LogP contribution in [0.15, 0.2) is 0 Å².